The predicted octanol–water partition coefficient (Wildman–Crippen LogP) is 2.41. The Kier molecular flexibility index (Phi) is 5.22. The van der Waals surface area contributed by atoms with E-state index in [0.29, 0.717) is 11.7 Å². The highest BCUT2D eigenvalue weighted by molar-refractivity contribution is 5.92. The number of carbonyl (C=O) groups is 1. The van der Waals surface area contributed by atoms with E-state index in [0.717, 1.165) is 25.7 Å². The molecule has 0 aliphatic carbocycles. The second-order valence-electron chi connectivity index (χ2n) is 4.41. The first-order valence-electron chi connectivity index (χ1n) is 6.36. The van der Waals surface area contributed by atoms with Gasteiger partial charge in [0.25, 0.3) is 5.91 Å². The molecule has 0 bridgehead atoms. The van der Waals surface area contributed by atoms with Gasteiger partial charge < -0.3 is 4.57 Å². The summed E-state index contributed by atoms with van der Waals surface area (Å²) in [4.78, 5) is 11.7. The van der Waals surface area contributed by atoms with E-state index >= 15 is 0 Å². The Hall–Kier alpha value is -1.29. The standard InChI is InChI=1S/C13H23N3O/c1-4-6-7-11-8-9-12(13(17)15-14)16(11)10(3)5-2/h8-10H,4-7,14H2,1-3H3,(H,15,17)/t10-/m0/s1. The number of aromatic nitrogens is 1. The van der Waals surface area contributed by atoms with Gasteiger partial charge >= 0.3 is 0 Å². The van der Waals surface area contributed by atoms with Gasteiger partial charge in [-0.15, -0.1) is 0 Å². The highest BCUT2D eigenvalue weighted by Crippen LogP contribution is 2.20. The summed E-state index contributed by atoms with van der Waals surface area (Å²) in [6.07, 6.45) is 4.31. The normalized spacial score (nSPS) is 12.5. The van der Waals surface area contributed by atoms with Crippen LogP contribution in [0.5, 0.6) is 0 Å². The van der Waals surface area contributed by atoms with Crippen LogP contribution in [0.3, 0.4) is 0 Å². The van der Waals surface area contributed by atoms with Crippen LogP contribution in [-0.4, -0.2) is 10.5 Å². The minimum absolute atomic E-state index is 0.215. The zero-order valence-corrected chi connectivity index (χ0v) is 11.0. The maximum absolute atomic E-state index is 11.7. The van der Waals surface area contributed by atoms with E-state index in [-0.39, 0.29) is 5.91 Å². The SMILES string of the molecule is CCCCc1ccc(C(=O)NN)n1[C@@H](C)CC. The monoisotopic (exact) mass is 237 g/mol. The number of nitrogens with one attached hydrogen (secondary N) is 1. The molecule has 4 nitrogen and oxygen atoms in total. The summed E-state index contributed by atoms with van der Waals surface area (Å²) in [5.41, 5.74) is 4.09. The van der Waals surface area contributed by atoms with Crippen molar-refractivity contribution < 1.29 is 4.79 Å². The number of unbranched alkanes of at least 4 members (excludes halogenated alkanes) is 1. The predicted molar refractivity (Wildman–Crippen MR) is 69.7 cm³/mol. The summed E-state index contributed by atoms with van der Waals surface area (Å²) in [5.74, 6) is 5.00. The first kappa shape index (κ1) is 13.8. The Labute approximate surface area is 103 Å². The number of nitrogens with zero attached hydrogens (tertiary/aromatic N) is 1. The van der Waals surface area contributed by atoms with Gasteiger partial charge in [0.1, 0.15) is 5.69 Å². The van der Waals surface area contributed by atoms with Crippen LogP contribution in [0.4, 0.5) is 0 Å². The maximum atomic E-state index is 11.7. The molecule has 0 radical (unpaired) electrons. The summed E-state index contributed by atoms with van der Waals surface area (Å²) < 4.78 is 2.11. The van der Waals surface area contributed by atoms with Crippen molar-refractivity contribution in [2.75, 3.05) is 0 Å². The van der Waals surface area contributed by atoms with E-state index in [1.54, 1.807) is 0 Å². The van der Waals surface area contributed by atoms with Gasteiger partial charge in [-0.3, -0.25) is 10.2 Å². The van der Waals surface area contributed by atoms with E-state index < -0.39 is 0 Å². The van der Waals surface area contributed by atoms with Crippen LogP contribution in [0.25, 0.3) is 0 Å². The molecule has 0 aromatic carbocycles. The molecule has 0 fully saturated rings. The molecular formula is C13H23N3O. The molecule has 17 heavy (non-hydrogen) atoms. The molecule has 1 aromatic rings. The first-order valence-corrected chi connectivity index (χ1v) is 6.36. The minimum atomic E-state index is -0.215. The number of carbonyl (C=O) groups excluding carboxylic acids is 1. The van der Waals surface area contributed by atoms with Gasteiger partial charge in [-0.25, -0.2) is 5.84 Å². The van der Waals surface area contributed by atoms with E-state index in [2.05, 4.69) is 30.8 Å². The van der Waals surface area contributed by atoms with E-state index in [1.165, 1.54) is 5.69 Å². The van der Waals surface area contributed by atoms with Gasteiger partial charge in [0.2, 0.25) is 0 Å². The highest BCUT2D eigenvalue weighted by atomic mass is 16.2. The Morgan fingerprint density at radius 3 is 2.71 bits per heavy atom. The molecule has 96 valence electrons. The van der Waals surface area contributed by atoms with Crippen molar-refractivity contribution >= 4 is 5.91 Å². The van der Waals surface area contributed by atoms with Crippen molar-refractivity contribution in [3.63, 3.8) is 0 Å². The van der Waals surface area contributed by atoms with Crippen LogP contribution in [0.2, 0.25) is 0 Å². The van der Waals surface area contributed by atoms with Crippen LogP contribution in [0.1, 0.15) is 62.3 Å². The van der Waals surface area contributed by atoms with Crippen molar-refractivity contribution in [2.24, 2.45) is 5.84 Å². The van der Waals surface area contributed by atoms with Crippen LogP contribution in [0, 0.1) is 0 Å². The Morgan fingerprint density at radius 2 is 2.18 bits per heavy atom. The minimum Gasteiger partial charge on any atom is -0.338 e. The van der Waals surface area contributed by atoms with Crippen LogP contribution >= 0.6 is 0 Å². The van der Waals surface area contributed by atoms with Crippen molar-refractivity contribution in [2.45, 2.75) is 52.5 Å². The Bertz CT molecular complexity index is 371. The van der Waals surface area contributed by atoms with Crippen LogP contribution < -0.4 is 11.3 Å². The molecule has 1 aromatic heterocycles. The molecule has 3 N–H and O–H groups in total. The second kappa shape index (κ2) is 6.45. The zero-order chi connectivity index (χ0) is 12.8. The number of nitrogen functional groups attached to an aromatic ring is 1. The van der Waals surface area contributed by atoms with Gasteiger partial charge in [-0.1, -0.05) is 20.3 Å². The molecule has 0 aliphatic heterocycles. The molecule has 1 amide bonds. The fourth-order valence-electron chi connectivity index (χ4n) is 2.01. The summed E-state index contributed by atoms with van der Waals surface area (Å²) in [5, 5.41) is 0. The van der Waals surface area contributed by atoms with Crippen molar-refractivity contribution in [1.82, 2.24) is 9.99 Å². The molecule has 0 unspecified atom stereocenters. The zero-order valence-electron chi connectivity index (χ0n) is 11.0. The fraction of sp³-hybridized carbons (Fsp3) is 0.615. The third kappa shape index (κ3) is 3.09. The molecule has 4 heteroatoms. The molecule has 0 saturated heterocycles. The maximum Gasteiger partial charge on any atom is 0.281 e. The van der Waals surface area contributed by atoms with Gasteiger partial charge in [0, 0.05) is 11.7 Å². The number of hydrogen-bond acceptors (Lipinski definition) is 2. The van der Waals surface area contributed by atoms with Crippen molar-refractivity contribution in [3.8, 4) is 0 Å². The van der Waals surface area contributed by atoms with Gasteiger partial charge in [-0.05, 0) is 38.3 Å². The Morgan fingerprint density at radius 1 is 1.47 bits per heavy atom. The molecule has 0 spiro atoms. The molecule has 0 aliphatic rings. The number of nitrogens with two attached hydrogens (primary N) is 1. The average Bonchev–Trinajstić information content (AvgIpc) is 2.78. The van der Waals surface area contributed by atoms with Crippen LogP contribution in [-0.2, 0) is 6.42 Å². The molecule has 1 rings (SSSR count). The lowest BCUT2D eigenvalue weighted by atomic mass is 10.2. The topological polar surface area (TPSA) is 60.1 Å². The number of aryl methyl sites for hydroxylation is 1. The molecule has 0 saturated carbocycles. The fourth-order valence-corrected chi connectivity index (χ4v) is 2.01. The largest absolute Gasteiger partial charge is 0.338 e. The quantitative estimate of drug-likeness (QED) is 0.453. The molecule has 1 atom stereocenters. The van der Waals surface area contributed by atoms with Gasteiger partial charge in [-0.2, -0.15) is 0 Å². The lowest BCUT2D eigenvalue weighted by molar-refractivity contribution is 0.0942. The average molecular weight is 237 g/mol. The highest BCUT2D eigenvalue weighted by Gasteiger charge is 2.17. The van der Waals surface area contributed by atoms with E-state index in [1.807, 2.05) is 12.1 Å². The van der Waals surface area contributed by atoms with Crippen LogP contribution in [0.15, 0.2) is 12.1 Å². The molecular weight excluding hydrogens is 214 g/mol. The van der Waals surface area contributed by atoms with Gasteiger partial charge in [0.05, 0.1) is 0 Å². The lowest BCUT2D eigenvalue weighted by Gasteiger charge is -2.18. The lowest BCUT2D eigenvalue weighted by Crippen LogP contribution is -2.32. The summed E-state index contributed by atoms with van der Waals surface area (Å²) >= 11 is 0. The van der Waals surface area contributed by atoms with Crippen molar-refractivity contribution in [3.05, 3.63) is 23.5 Å². The smallest absolute Gasteiger partial charge is 0.281 e. The number of amides is 1. The number of rotatable bonds is 6. The van der Waals surface area contributed by atoms with Crippen molar-refractivity contribution in [1.29, 1.82) is 0 Å². The first-order chi connectivity index (χ1) is 8.15. The summed E-state index contributed by atoms with van der Waals surface area (Å²) in [6.45, 7) is 6.42. The third-order valence-corrected chi connectivity index (χ3v) is 3.18. The Balaban J connectivity index is 3.05. The van der Waals surface area contributed by atoms with E-state index in [9.17, 15) is 4.79 Å². The summed E-state index contributed by atoms with van der Waals surface area (Å²) in [6, 6.07) is 4.22. The van der Waals surface area contributed by atoms with Gasteiger partial charge in [0.15, 0.2) is 0 Å². The third-order valence-electron chi connectivity index (χ3n) is 3.18. The van der Waals surface area contributed by atoms with E-state index in [4.69, 9.17) is 5.84 Å². The second-order valence-corrected chi connectivity index (χ2v) is 4.41. The number of hydrazine groups is 1. The summed E-state index contributed by atoms with van der Waals surface area (Å²) in [7, 11) is 0. The number of hydrogen-bond donors (Lipinski definition) is 2. The molecule has 1 heterocycles.